The minimum absolute atomic E-state index is 0.106. The van der Waals surface area contributed by atoms with E-state index in [1.165, 1.54) is 7.11 Å². The monoisotopic (exact) mass is 382 g/mol. The predicted octanol–water partition coefficient (Wildman–Crippen LogP) is 2.37. The van der Waals surface area contributed by atoms with Crippen molar-refractivity contribution in [2.45, 2.75) is 38.3 Å². The maximum atomic E-state index is 12.2. The molecule has 0 aliphatic heterocycles. The third-order valence-corrected chi connectivity index (χ3v) is 4.24. The van der Waals surface area contributed by atoms with Gasteiger partial charge in [-0.1, -0.05) is 60.7 Å². The van der Waals surface area contributed by atoms with Crippen molar-refractivity contribution in [3.63, 3.8) is 0 Å². The van der Waals surface area contributed by atoms with Crippen LogP contribution in [0.25, 0.3) is 0 Å². The number of carbonyl (C=O) groups excluding carboxylic acids is 3. The number of benzene rings is 2. The summed E-state index contributed by atoms with van der Waals surface area (Å²) in [6, 6.07) is 18.3. The molecule has 28 heavy (non-hydrogen) atoms. The Bertz CT molecular complexity index is 763. The second kappa shape index (κ2) is 11.5. The Morgan fingerprint density at radius 3 is 2.04 bits per heavy atom. The third kappa shape index (κ3) is 7.61. The summed E-state index contributed by atoms with van der Waals surface area (Å²) in [4.78, 5) is 36.0. The fraction of sp³-hybridized carbons (Fsp3) is 0.318. The lowest BCUT2D eigenvalue weighted by molar-refractivity contribution is -0.145. The molecule has 6 nitrogen and oxygen atoms in total. The van der Waals surface area contributed by atoms with Gasteiger partial charge in [-0.05, 0) is 17.5 Å². The van der Waals surface area contributed by atoms with Crippen LogP contribution in [0.15, 0.2) is 60.7 Å². The number of nitrogens with one attached hydrogen (secondary N) is 2. The molecule has 0 radical (unpaired) electrons. The van der Waals surface area contributed by atoms with Crippen molar-refractivity contribution in [2.24, 2.45) is 0 Å². The molecule has 0 spiro atoms. The summed E-state index contributed by atoms with van der Waals surface area (Å²) in [6.45, 7) is 0.466. The van der Waals surface area contributed by atoms with Crippen LogP contribution in [0.2, 0.25) is 0 Å². The molecule has 6 heteroatoms. The summed E-state index contributed by atoms with van der Waals surface area (Å²) in [5.74, 6) is -0.870. The molecular formula is C22H26N2O4. The highest BCUT2D eigenvalue weighted by molar-refractivity contribution is 5.85. The minimum atomic E-state index is -0.744. The molecule has 2 N–H and O–H groups in total. The predicted molar refractivity (Wildman–Crippen MR) is 106 cm³/mol. The molecule has 0 heterocycles. The number of rotatable bonds is 10. The Hall–Kier alpha value is -3.15. The third-order valence-electron chi connectivity index (χ3n) is 4.24. The smallest absolute Gasteiger partial charge is 0.328 e. The van der Waals surface area contributed by atoms with Gasteiger partial charge in [0.2, 0.25) is 11.8 Å². The molecule has 2 amide bonds. The topological polar surface area (TPSA) is 84.5 Å². The Kier molecular flexibility index (Phi) is 8.72. The van der Waals surface area contributed by atoms with Gasteiger partial charge in [0.1, 0.15) is 6.04 Å². The van der Waals surface area contributed by atoms with Crippen molar-refractivity contribution in [3.8, 4) is 0 Å². The molecule has 0 bridgehead atoms. The van der Waals surface area contributed by atoms with Gasteiger partial charge in [-0.3, -0.25) is 9.59 Å². The van der Waals surface area contributed by atoms with Crippen LogP contribution < -0.4 is 10.6 Å². The summed E-state index contributed by atoms with van der Waals surface area (Å²) >= 11 is 0. The lowest BCUT2D eigenvalue weighted by atomic mass is 10.1. The molecule has 1 atom stereocenters. The van der Waals surface area contributed by atoms with E-state index in [1.54, 1.807) is 0 Å². The number of esters is 1. The molecule has 0 aromatic heterocycles. The molecule has 2 rings (SSSR count). The summed E-state index contributed by atoms with van der Waals surface area (Å²) in [5.41, 5.74) is 1.95. The average molecular weight is 382 g/mol. The van der Waals surface area contributed by atoms with Crippen LogP contribution in [-0.4, -0.2) is 30.9 Å². The fourth-order valence-corrected chi connectivity index (χ4v) is 2.75. The van der Waals surface area contributed by atoms with Crippen molar-refractivity contribution < 1.29 is 19.1 Å². The quantitative estimate of drug-likeness (QED) is 0.618. The number of methoxy groups -OCH3 is 1. The summed E-state index contributed by atoms with van der Waals surface area (Å²) in [6.07, 6.45) is 1.19. The van der Waals surface area contributed by atoms with E-state index in [1.807, 2.05) is 60.7 Å². The van der Waals surface area contributed by atoms with Gasteiger partial charge < -0.3 is 15.4 Å². The highest BCUT2D eigenvalue weighted by Gasteiger charge is 2.21. The first kappa shape index (κ1) is 21.2. The highest BCUT2D eigenvalue weighted by Crippen LogP contribution is 2.06. The normalized spacial score (nSPS) is 11.3. The van der Waals surface area contributed by atoms with Gasteiger partial charge in [0.25, 0.3) is 0 Å². The van der Waals surface area contributed by atoms with Crippen LogP contribution in [0.5, 0.6) is 0 Å². The van der Waals surface area contributed by atoms with Crippen LogP contribution in [0, 0.1) is 0 Å². The van der Waals surface area contributed by atoms with Crippen molar-refractivity contribution in [1.29, 1.82) is 0 Å². The molecule has 0 unspecified atom stereocenters. The number of hydrogen-bond acceptors (Lipinski definition) is 4. The minimum Gasteiger partial charge on any atom is -0.467 e. The molecule has 0 saturated carbocycles. The van der Waals surface area contributed by atoms with Crippen molar-refractivity contribution in [1.82, 2.24) is 10.6 Å². The van der Waals surface area contributed by atoms with E-state index in [4.69, 9.17) is 4.74 Å². The Morgan fingerprint density at radius 1 is 0.857 bits per heavy atom. The van der Waals surface area contributed by atoms with E-state index in [9.17, 15) is 14.4 Å². The van der Waals surface area contributed by atoms with Crippen molar-refractivity contribution >= 4 is 17.8 Å². The summed E-state index contributed by atoms with van der Waals surface area (Å²) < 4.78 is 4.78. The first-order valence-electron chi connectivity index (χ1n) is 9.30. The largest absolute Gasteiger partial charge is 0.467 e. The van der Waals surface area contributed by atoms with E-state index in [0.29, 0.717) is 19.4 Å². The van der Waals surface area contributed by atoms with Crippen molar-refractivity contribution in [3.05, 3.63) is 71.8 Å². The van der Waals surface area contributed by atoms with Gasteiger partial charge >= 0.3 is 5.97 Å². The maximum absolute atomic E-state index is 12.2. The summed E-state index contributed by atoms with van der Waals surface area (Å²) in [5, 5.41) is 5.53. The fourth-order valence-electron chi connectivity index (χ4n) is 2.75. The Morgan fingerprint density at radius 2 is 1.43 bits per heavy atom. The van der Waals surface area contributed by atoms with E-state index < -0.39 is 12.0 Å². The molecular weight excluding hydrogens is 356 g/mol. The number of carbonyl (C=O) groups is 3. The molecule has 148 valence electrons. The van der Waals surface area contributed by atoms with E-state index in [0.717, 1.165) is 11.1 Å². The second-order valence-electron chi connectivity index (χ2n) is 6.45. The Balaban J connectivity index is 1.72. The van der Waals surface area contributed by atoms with Gasteiger partial charge in [-0.25, -0.2) is 4.79 Å². The van der Waals surface area contributed by atoms with Gasteiger partial charge in [-0.15, -0.1) is 0 Å². The lowest BCUT2D eigenvalue weighted by Gasteiger charge is -2.16. The van der Waals surface area contributed by atoms with Crippen LogP contribution >= 0.6 is 0 Å². The zero-order valence-electron chi connectivity index (χ0n) is 16.0. The zero-order chi connectivity index (χ0) is 20.2. The molecule has 2 aromatic rings. The van der Waals surface area contributed by atoms with E-state index in [-0.39, 0.29) is 24.7 Å². The standard InChI is InChI=1S/C22H26N2O4/c1-28-22(27)19(15-17-9-4-2-5-10-17)24-21(26)14-8-13-20(25)23-16-18-11-6-3-7-12-18/h2-7,9-12,19H,8,13-16H2,1H3,(H,23,25)(H,24,26)/t19-/m0/s1. The molecule has 0 aliphatic rings. The van der Waals surface area contributed by atoms with Gasteiger partial charge in [0.15, 0.2) is 0 Å². The van der Waals surface area contributed by atoms with Gasteiger partial charge in [0.05, 0.1) is 7.11 Å². The number of amides is 2. The van der Waals surface area contributed by atoms with Gasteiger partial charge in [0, 0.05) is 25.8 Å². The van der Waals surface area contributed by atoms with Crippen LogP contribution in [0.4, 0.5) is 0 Å². The lowest BCUT2D eigenvalue weighted by Crippen LogP contribution is -2.43. The van der Waals surface area contributed by atoms with E-state index in [2.05, 4.69) is 10.6 Å². The van der Waals surface area contributed by atoms with Crippen LogP contribution in [0.1, 0.15) is 30.4 Å². The van der Waals surface area contributed by atoms with Crippen LogP contribution in [0.3, 0.4) is 0 Å². The average Bonchev–Trinajstić information content (AvgIpc) is 2.72. The number of hydrogen-bond donors (Lipinski definition) is 2. The first-order valence-corrected chi connectivity index (χ1v) is 9.30. The molecule has 2 aromatic carbocycles. The zero-order valence-corrected chi connectivity index (χ0v) is 16.0. The van der Waals surface area contributed by atoms with Gasteiger partial charge in [-0.2, -0.15) is 0 Å². The van der Waals surface area contributed by atoms with E-state index >= 15 is 0 Å². The number of ether oxygens (including phenoxy) is 1. The molecule has 0 saturated heterocycles. The molecule has 0 aliphatic carbocycles. The molecule has 0 fully saturated rings. The summed E-state index contributed by atoms with van der Waals surface area (Å²) in [7, 11) is 1.30. The SMILES string of the molecule is COC(=O)[C@H](Cc1ccccc1)NC(=O)CCCC(=O)NCc1ccccc1. The maximum Gasteiger partial charge on any atom is 0.328 e. The van der Waals surface area contributed by atoms with Crippen molar-refractivity contribution in [2.75, 3.05) is 7.11 Å². The highest BCUT2D eigenvalue weighted by atomic mass is 16.5. The van der Waals surface area contributed by atoms with Crippen LogP contribution in [-0.2, 0) is 32.1 Å². The first-order chi connectivity index (χ1) is 13.6. The Labute approximate surface area is 165 Å². The second-order valence-corrected chi connectivity index (χ2v) is 6.45.